The molecule has 0 rings (SSSR count). The Morgan fingerprint density at radius 3 is 0.333 bits per heavy atom. The van der Waals surface area contributed by atoms with Gasteiger partial charge in [0.15, 0.2) is 0 Å². The average molecular weight is 552 g/mol. The number of hydrogen-bond acceptors (Lipinski definition) is 15. The third-order valence-corrected chi connectivity index (χ3v) is 0. The molecule has 0 aromatic carbocycles. The molecule has 0 aliphatic carbocycles. The van der Waals surface area contributed by atoms with Gasteiger partial charge in [0.2, 0.25) is 0 Å². The molecule has 0 aliphatic heterocycles. The number of hydrogen-bond donors (Lipinski definition) is 0. The molecule has 15 nitrogen and oxygen atoms in total. The summed E-state index contributed by atoms with van der Waals surface area (Å²) in [5, 5.41) is 0. The average Bonchev–Trinajstić information content (AvgIpc) is 1.94. The molecule has 0 fully saturated rings. The van der Waals surface area contributed by atoms with Crippen LogP contribution < -0.4 is 48.0 Å². The smallest absolute Gasteiger partial charge is 0.672 e. The van der Waals surface area contributed by atoms with Gasteiger partial charge < -0.3 is 70.3 Å². The van der Waals surface area contributed by atoms with Crippen LogP contribution in [0.4, 0.5) is 0 Å². The van der Waals surface area contributed by atoms with Crippen molar-refractivity contribution in [3.63, 3.8) is 0 Å². The van der Waals surface area contributed by atoms with Gasteiger partial charge in [-0.25, -0.2) is 0 Å². The first-order valence-corrected chi connectivity index (χ1v) is 9.19. The molecule has 0 aromatic rings. The van der Waals surface area contributed by atoms with Crippen LogP contribution in [-0.4, -0.2) is 80.6 Å². The minimum absolute atomic E-state index is 0. The van der Waals surface area contributed by atoms with Gasteiger partial charge in [-0.05, 0) is 0 Å². The molecule has 0 N–H and O–H groups in total. The fourth-order valence-electron chi connectivity index (χ4n) is 0. The summed E-state index contributed by atoms with van der Waals surface area (Å²) in [7, 11) is -18.1. The van der Waals surface area contributed by atoms with Crippen molar-refractivity contribution < 1.29 is 103 Å². The van der Waals surface area contributed by atoms with Crippen molar-refractivity contribution in [3.8, 4) is 0 Å². The van der Waals surface area contributed by atoms with Crippen molar-refractivity contribution in [3.05, 3.63) is 0 Å². The molecule has 136 valence electrons. The molecule has 24 heteroatoms. The largest absolute Gasteiger partial charge is 3.00 e. The van der Waals surface area contributed by atoms with E-state index in [1.54, 1.807) is 0 Å². The van der Waals surface area contributed by atoms with Crippen LogP contribution in [0.25, 0.3) is 0 Å². The summed E-state index contributed by atoms with van der Waals surface area (Å²) in [6.45, 7) is 0. The predicted octanol–water partition coefficient (Wildman–Crippen LogP) is -15.2. The summed E-state index contributed by atoms with van der Waals surface area (Å²) < 4.78 is 42.6. The fourth-order valence-corrected chi connectivity index (χ4v) is 0. The normalized spacial score (nSPS) is 5.00. The van der Waals surface area contributed by atoms with Gasteiger partial charge in [-0.3, -0.25) is 0 Å². The molecule has 0 unspecified atom stereocenters. The standard InChI is InChI=1S/2Al.2Ni.5O3Si/c;;;;5*1-4(2)3/q2*+3;2*+2;5*-2. The van der Waals surface area contributed by atoms with Gasteiger partial charge in [0.1, 0.15) is 0 Å². The second-order valence-electron chi connectivity index (χ2n) is 1.25. The van der Waals surface area contributed by atoms with Crippen molar-refractivity contribution >= 4 is 80.6 Å². The van der Waals surface area contributed by atoms with Crippen molar-refractivity contribution in [2.24, 2.45) is 0 Å². The first kappa shape index (κ1) is 56.4. The van der Waals surface area contributed by atoms with Gasteiger partial charge in [0.05, 0.1) is 0 Å². The molecule has 0 heterocycles. The Morgan fingerprint density at radius 1 is 0.333 bits per heavy atom. The van der Waals surface area contributed by atoms with Crippen LogP contribution in [0.15, 0.2) is 0 Å². The third-order valence-electron chi connectivity index (χ3n) is 0. The summed E-state index contributed by atoms with van der Waals surface area (Å²) in [6, 6.07) is 0. The van der Waals surface area contributed by atoms with Crippen LogP contribution in [0.5, 0.6) is 0 Å². The van der Waals surface area contributed by atoms with Crippen molar-refractivity contribution in [2.75, 3.05) is 0 Å². The summed E-state index contributed by atoms with van der Waals surface area (Å²) in [4.78, 5) is 85.2. The van der Waals surface area contributed by atoms with Gasteiger partial charge in [-0.1, -0.05) is 0 Å². The zero-order valence-corrected chi connectivity index (χ0v) is 19.7. The van der Waals surface area contributed by atoms with Gasteiger partial charge in [-0.15, -0.1) is 0 Å². The molecule has 0 bridgehead atoms. The second-order valence-corrected chi connectivity index (χ2v) is 3.75. The summed E-state index contributed by atoms with van der Waals surface area (Å²) in [5.74, 6) is 0. The van der Waals surface area contributed by atoms with Crippen molar-refractivity contribution in [2.45, 2.75) is 0 Å². The van der Waals surface area contributed by atoms with Crippen molar-refractivity contribution in [1.82, 2.24) is 0 Å². The van der Waals surface area contributed by atoms with Crippen LogP contribution in [0.1, 0.15) is 0 Å². The van der Waals surface area contributed by atoms with E-state index in [0.29, 0.717) is 0 Å². The van der Waals surface area contributed by atoms with E-state index in [0.717, 1.165) is 0 Å². The fraction of sp³-hybridized carbons (Fsp3) is 0. The van der Waals surface area contributed by atoms with E-state index < -0.39 is 45.9 Å². The second kappa shape index (κ2) is 49.5. The minimum atomic E-state index is -3.63. The maximum absolute atomic E-state index is 8.52. The topological polar surface area (TPSA) is 316 Å². The third kappa shape index (κ3) is 532000. The van der Waals surface area contributed by atoms with Gasteiger partial charge in [0.25, 0.3) is 0 Å². The first-order valence-electron chi connectivity index (χ1n) is 3.06. The molecule has 0 aromatic heterocycles. The van der Waals surface area contributed by atoms with E-state index in [9.17, 15) is 0 Å². The summed E-state index contributed by atoms with van der Waals surface area (Å²) >= 11 is 0. The van der Waals surface area contributed by atoms with Gasteiger partial charge in [0, 0.05) is 45.9 Å². The van der Waals surface area contributed by atoms with Crippen LogP contribution in [0, 0.1) is 0 Å². The quantitative estimate of drug-likeness (QED) is 0.252. The first-order chi connectivity index (χ1) is 8.66. The Bertz CT molecular complexity index is 221. The molecular formula is Al2Ni2O15Si5. The Labute approximate surface area is 182 Å². The molecule has 0 spiro atoms. The van der Waals surface area contributed by atoms with E-state index >= 15 is 0 Å². The summed E-state index contributed by atoms with van der Waals surface area (Å²) in [5.41, 5.74) is 0. The molecule has 0 saturated heterocycles. The van der Waals surface area contributed by atoms with E-state index in [1.807, 2.05) is 0 Å². The van der Waals surface area contributed by atoms with Crippen LogP contribution >= 0.6 is 0 Å². The summed E-state index contributed by atoms with van der Waals surface area (Å²) in [6.07, 6.45) is 0. The minimum Gasteiger partial charge on any atom is -0.672 e. The Balaban J connectivity index is -0.0000000161. The van der Waals surface area contributed by atoms with Crippen LogP contribution in [0.3, 0.4) is 0 Å². The van der Waals surface area contributed by atoms with E-state index in [4.69, 9.17) is 70.3 Å². The van der Waals surface area contributed by atoms with Crippen LogP contribution in [-0.2, 0) is 55.3 Å². The Morgan fingerprint density at radius 2 is 0.333 bits per heavy atom. The SMILES string of the molecule is O=[Si]([O-])[O-].O=[Si]([O-])[O-].O=[Si]([O-])[O-].O=[Si]([O-])[O-].O=[Si]([O-])[O-].[Al+3].[Al+3].[Ni+2].[Ni+2]. The monoisotopic (exact) mass is 550 g/mol. The Hall–Kier alpha value is 0.136. The zero-order valence-electron chi connectivity index (χ0n) is 10.4. The van der Waals surface area contributed by atoms with Gasteiger partial charge >= 0.3 is 67.7 Å². The zero-order chi connectivity index (χ0) is 17.9. The van der Waals surface area contributed by atoms with E-state index in [1.165, 1.54) is 0 Å². The van der Waals surface area contributed by atoms with E-state index in [2.05, 4.69) is 0 Å². The molecule has 0 radical (unpaired) electrons. The molecule has 0 saturated carbocycles. The van der Waals surface area contributed by atoms with E-state index in [-0.39, 0.29) is 67.7 Å². The molecular weight excluding hydrogens is 552 g/mol. The maximum atomic E-state index is 8.52. The molecule has 0 aliphatic rings. The molecule has 24 heavy (non-hydrogen) atoms. The van der Waals surface area contributed by atoms with Gasteiger partial charge in [-0.2, -0.15) is 0 Å². The van der Waals surface area contributed by atoms with Crippen molar-refractivity contribution in [1.29, 1.82) is 0 Å². The maximum Gasteiger partial charge on any atom is 3.00 e. The molecule has 0 amide bonds. The van der Waals surface area contributed by atoms with Crippen LogP contribution in [0.2, 0.25) is 0 Å². The predicted molar refractivity (Wildman–Crippen MR) is 43.7 cm³/mol. The Kier molecular flexibility index (Phi) is 116. The molecule has 0 atom stereocenters. The number of rotatable bonds is 0.